The van der Waals surface area contributed by atoms with Crippen molar-refractivity contribution >= 4 is 11.7 Å². The zero-order valence-corrected chi connectivity index (χ0v) is 10.1. The minimum atomic E-state index is -0.246. The number of carbonyl (C=O) groups is 1. The summed E-state index contributed by atoms with van der Waals surface area (Å²) in [5.74, 6) is 0.792. The van der Waals surface area contributed by atoms with Crippen LogP contribution in [0.3, 0.4) is 0 Å². The van der Waals surface area contributed by atoms with Crippen molar-refractivity contribution in [2.75, 3.05) is 18.4 Å². The summed E-state index contributed by atoms with van der Waals surface area (Å²) >= 11 is 0. The quantitative estimate of drug-likeness (QED) is 0.856. The average Bonchev–Trinajstić information content (AvgIpc) is 2.40. The number of aromatic nitrogens is 2. The molecule has 1 saturated heterocycles. The molecule has 5 heteroatoms. The minimum absolute atomic E-state index is 0.148. The van der Waals surface area contributed by atoms with Gasteiger partial charge >= 0.3 is 0 Å². The second kappa shape index (κ2) is 5.61. The van der Waals surface area contributed by atoms with Crippen molar-refractivity contribution in [3.05, 3.63) is 18.6 Å². The maximum Gasteiger partial charge on any atom is 0.244 e. The first-order valence-electron chi connectivity index (χ1n) is 6.09. The Labute approximate surface area is 101 Å². The van der Waals surface area contributed by atoms with Crippen LogP contribution in [0.2, 0.25) is 0 Å². The summed E-state index contributed by atoms with van der Waals surface area (Å²) in [5.41, 5.74) is 0. The highest BCUT2D eigenvalue weighted by molar-refractivity contribution is 5.84. The summed E-state index contributed by atoms with van der Waals surface area (Å²) < 4.78 is 0. The van der Waals surface area contributed by atoms with Crippen molar-refractivity contribution in [3.63, 3.8) is 0 Å². The summed E-state index contributed by atoms with van der Waals surface area (Å²) in [6.45, 7) is 3.63. The van der Waals surface area contributed by atoms with Gasteiger partial charge in [-0.1, -0.05) is 0 Å². The van der Waals surface area contributed by atoms with Gasteiger partial charge in [0.2, 0.25) is 5.91 Å². The van der Waals surface area contributed by atoms with Gasteiger partial charge in [-0.2, -0.15) is 0 Å². The number of likely N-dealkylation sites (tertiary alicyclic amines) is 1. The van der Waals surface area contributed by atoms with Crippen molar-refractivity contribution in [3.8, 4) is 0 Å². The van der Waals surface area contributed by atoms with Crippen molar-refractivity contribution in [1.29, 1.82) is 0 Å². The summed E-state index contributed by atoms with van der Waals surface area (Å²) in [5, 5.41) is 3.07. The Balaban J connectivity index is 1.90. The van der Waals surface area contributed by atoms with Crippen LogP contribution in [0.1, 0.15) is 26.2 Å². The van der Waals surface area contributed by atoms with Gasteiger partial charge in [0.05, 0.1) is 6.20 Å². The lowest BCUT2D eigenvalue weighted by Gasteiger charge is -2.29. The zero-order valence-electron chi connectivity index (χ0n) is 10.1. The molecule has 1 aromatic rings. The van der Waals surface area contributed by atoms with Crippen LogP contribution < -0.4 is 5.32 Å². The molecule has 1 fully saturated rings. The monoisotopic (exact) mass is 234 g/mol. The lowest BCUT2D eigenvalue weighted by molar-refractivity contribution is -0.132. The zero-order chi connectivity index (χ0) is 12.1. The van der Waals surface area contributed by atoms with Crippen molar-refractivity contribution < 1.29 is 4.79 Å². The standard InChI is InChI=1S/C12H18N4O/c1-10(15-11-9-13-5-6-14-11)12(17)16-7-3-2-4-8-16/h5-6,9-10H,2-4,7-8H2,1H3,(H,14,15). The molecule has 0 aliphatic carbocycles. The molecule has 1 amide bonds. The molecule has 1 aliphatic heterocycles. The Morgan fingerprint density at radius 1 is 1.35 bits per heavy atom. The third-order valence-corrected chi connectivity index (χ3v) is 2.97. The maximum absolute atomic E-state index is 12.1. The SMILES string of the molecule is CC(Nc1cnccn1)C(=O)N1CCCCC1. The molecule has 92 valence electrons. The Morgan fingerprint density at radius 2 is 2.12 bits per heavy atom. The number of amides is 1. The van der Waals surface area contributed by atoms with Crippen LogP contribution in [-0.2, 0) is 4.79 Å². The van der Waals surface area contributed by atoms with Gasteiger partial charge in [-0.15, -0.1) is 0 Å². The van der Waals surface area contributed by atoms with Crippen LogP contribution in [0.25, 0.3) is 0 Å². The van der Waals surface area contributed by atoms with Crippen LogP contribution in [0.5, 0.6) is 0 Å². The van der Waals surface area contributed by atoms with Gasteiger partial charge in [-0.25, -0.2) is 4.98 Å². The highest BCUT2D eigenvalue weighted by Gasteiger charge is 2.21. The van der Waals surface area contributed by atoms with E-state index in [9.17, 15) is 4.79 Å². The summed E-state index contributed by atoms with van der Waals surface area (Å²) in [6.07, 6.45) is 8.31. The second-order valence-corrected chi connectivity index (χ2v) is 4.34. The minimum Gasteiger partial charge on any atom is -0.357 e. The van der Waals surface area contributed by atoms with Crippen LogP contribution >= 0.6 is 0 Å². The van der Waals surface area contributed by atoms with E-state index in [0.29, 0.717) is 5.82 Å². The van der Waals surface area contributed by atoms with Gasteiger partial charge in [0, 0.05) is 25.5 Å². The Morgan fingerprint density at radius 3 is 2.76 bits per heavy atom. The first-order chi connectivity index (χ1) is 8.27. The number of carbonyl (C=O) groups excluding carboxylic acids is 1. The molecular formula is C12H18N4O. The molecule has 1 atom stereocenters. The normalized spacial score (nSPS) is 17.6. The van der Waals surface area contributed by atoms with Gasteiger partial charge in [-0.3, -0.25) is 9.78 Å². The third kappa shape index (κ3) is 3.15. The van der Waals surface area contributed by atoms with E-state index in [0.717, 1.165) is 25.9 Å². The molecular weight excluding hydrogens is 216 g/mol. The maximum atomic E-state index is 12.1. The van der Waals surface area contributed by atoms with Gasteiger partial charge in [0.15, 0.2) is 0 Å². The fourth-order valence-electron chi connectivity index (χ4n) is 2.05. The first kappa shape index (κ1) is 11.8. The molecule has 1 aliphatic rings. The van der Waals surface area contributed by atoms with E-state index in [2.05, 4.69) is 15.3 Å². The number of nitrogens with one attached hydrogen (secondary N) is 1. The van der Waals surface area contributed by atoms with E-state index in [4.69, 9.17) is 0 Å². The highest BCUT2D eigenvalue weighted by atomic mass is 16.2. The largest absolute Gasteiger partial charge is 0.357 e. The lowest BCUT2D eigenvalue weighted by atomic mass is 10.1. The Kier molecular flexibility index (Phi) is 3.90. The summed E-state index contributed by atoms with van der Waals surface area (Å²) in [4.78, 5) is 22.1. The fourth-order valence-corrected chi connectivity index (χ4v) is 2.05. The van der Waals surface area contributed by atoms with Gasteiger partial charge in [-0.05, 0) is 26.2 Å². The first-order valence-corrected chi connectivity index (χ1v) is 6.09. The molecule has 0 bridgehead atoms. The van der Waals surface area contributed by atoms with Crippen molar-refractivity contribution in [1.82, 2.24) is 14.9 Å². The van der Waals surface area contributed by atoms with Gasteiger partial charge in [0.25, 0.3) is 0 Å². The number of nitrogens with zero attached hydrogens (tertiary/aromatic N) is 3. The number of hydrogen-bond acceptors (Lipinski definition) is 4. The van der Waals surface area contributed by atoms with Crippen LogP contribution in [0.15, 0.2) is 18.6 Å². The lowest BCUT2D eigenvalue weighted by Crippen LogP contribution is -2.44. The number of anilines is 1. The molecule has 2 rings (SSSR count). The van der Waals surface area contributed by atoms with Crippen LogP contribution in [0, 0.1) is 0 Å². The molecule has 0 radical (unpaired) electrons. The van der Waals surface area contributed by atoms with E-state index in [1.165, 1.54) is 6.42 Å². The van der Waals surface area contributed by atoms with E-state index in [1.807, 2.05) is 11.8 Å². The van der Waals surface area contributed by atoms with Gasteiger partial charge < -0.3 is 10.2 Å². The molecule has 0 saturated carbocycles. The molecule has 2 heterocycles. The molecule has 17 heavy (non-hydrogen) atoms. The van der Waals surface area contributed by atoms with E-state index < -0.39 is 0 Å². The van der Waals surface area contributed by atoms with Gasteiger partial charge in [0.1, 0.15) is 11.9 Å². The third-order valence-electron chi connectivity index (χ3n) is 2.97. The molecule has 1 N–H and O–H groups in total. The fraction of sp³-hybridized carbons (Fsp3) is 0.583. The number of hydrogen-bond donors (Lipinski definition) is 1. The van der Waals surface area contributed by atoms with Crippen LogP contribution in [0.4, 0.5) is 5.82 Å². The predicted octanol–water partition coefficient (Wildman–Crippen LogP) is 1.29. The molecule has 0 spiro atoms. The highest BCUT2D eigenvalue weighted by Crippen LogP contribution is 2.11. The second-order valence-electron chi connectivity index (χ2n) is 4.34. The molecule has 1 aromatic heterocycles. The summed E-state index contributed by atoms with van der Waals surface area (Å²) in [7, 11) is 0. The van der Waals surface area contributed by atoms with Crippen molar-refractivity contribution in [2.24, 2.45) is 0 Å². The van der Waals surface area contributed by atoms with E-state index in [-0.39, 0.29) is 11.9 Å². The Hall–Kier alpha value is -1.65. The number of piperidine rings is 1. The van der Waals surface area contributed by atoms with E-state index in [1.54, 1.807) is 18.6 Å². The molecule has 0 aromatic carbocycles. The summed E-state index contributed by atoms with van der Waals surface area (Å²) in [6, 6.07) is -0.246. The average molecular weight is 234 g/mol. The van der Waals surface area contributed by atoms with Crippen LogP contribution in [-0.4, -0.2) is 39.9 Å². The topological polar surface area (TPSA) is 58.1 Å². The smallest absolute Gasteiger partial charge is 0.244 e. The van der Waals surface area contributed by atoms with E-state index >= 15 is 0 Å². The molecule has 1 unspecified atom stereocenters. The Bertz CT molecular complexity index is 362. The number of rotatable bonds is 3. The predicted molar refractivity (Wildman–Crippen MR) is 65.5 cm³/mol. The molecule has 5 nitrogen and oxygen atoms in total. The van der Waals surface area contributed by atoms with Crippen molar-refractivity contribution in [2.45, 2.75) is 32.2 Å².